The van der Waals surface area contributed by atoms with Crippen molar-refractivity contribution in [2.75, 3.05) is 6.54 Å². The summed E-state index contributed by atoms with van der Waals surface area (Å²) < 4.78 is 4.94. The Morgan fingerprint density at radius 1 is 1.56 bits per heavy atom. The first-order valence-corrected chi connectivity index (χ1v) is 6.30. The van der Waals surface area contributed by atoms with Crippen LogP contribution in [-0.4, -0.2) is 16.7 Å². The molecule has 5 heteroatoms. The van der Waals surface area contributed by atoms with Crippen molar-refractivity contribution in [3.63, 3.8) is 0 Å². The molecule has 2 rings (SSSR count). The van der Waals surface area contributed by atoms with Crippen LogP contribution in [0.2, 0.25) is 0 Å². The summed E-state index contributed by atoms with van der Waals surface area (Å²) in [4.78, 5) is 5.37. The van der Waals surface area contributed by atoms with E-state index in [9.17, 15) is 0 Å². The van der Waals surface area contributed by atoms with Crippen LogP contribution in [0.4, 0.5) is 0 Å². The van der Waals surface area contributed by atoms with Gasteiger partial charge in [0, 0.05) is 23.9 Å². The van der Waals surface area contributed by atoms with E-state index in [4.69, 9.17) is 4.52 Å². The van der Waals surface area contributed by atoms with Crippen molar-refractivity contribution in [1.82, 2.24) is 15.5 Å². The van der Waals surface area contributed by atoms with Crippen molar-refractivity contribution in [2.24, 2.45) is 0 Å². The standard InChI is InChI=1S/C11H15N3OS/c1-2-9(10-4-3-7-16-10)12-6-5-11-13-8-14-15-11/h3-4,7-9,12H,2,5-6H2,1H3. The average molecular weight is 237 g/mol. The van der Waals surface area contributed by atoms with E-state index in [1.807, 2.05) is 0 Å². The van der Waals surface area contributed by atoms with Gasteiger partial charge in [0.1, 0.15) is 0 Å². The molecular formula is C11H15N3OS. The molecule has 0 amide bonds. The number of thiophene rings is 1. The summed E-state index contributed by atoms with van der Waals surface area (Å²) in [5.74, 6) is 0.688. The molecule has 0 aromatic carbocycles. The lowest BCUT2D eigenvalue weighted by Crippen LogP contribution is -2.22. The molecule has 0 radical (unpaired) electrons. The highest BCUT2D eigenvalue weighted by atomic mass is 32.1. The molecule has 86 valence electrons. The molecule has 0 bridgehead atoms. The molecular weight excluding hydrogens is 222 g/mol. The van der Waals surface area contributed by atoms with E-state index in [-0.39, 0.29) is 0 Å². The van der Waals surface area contributed by atoms with Gasteiger partial charge in [-0.1, -0.05) is 18.1 Å². The van der Waals surface area contributed by atoms with Crippen LogP contribution in [0.25, 0.3) is 0 Å². The maximum Gasteiger partial charge on any atom is 0.227 e. The first-order valence-electron chi connectivity index (χ1n) is 5.42. The molecule has 1 unspecified atom stereocenters. The SMILES string of the molecule is CCC(NCCc1ncno1)c1cccs1. The van der Waals surface area contributed by atoms with Gasteiger partial charge in [-0.2, -0.15) is 4.98 Å². The molecule has 2 heterocycles. The fourth-order valence-electron chi connectivity index (χ4n) is 1.60. The summed E-state index contributed by atoms with van der Waals surface area (Å²) in [5, 5.41) is 9.18. The minimum atomic E-state index is 0.433. The van der Waals surface area contributed by atoms with E-state index in [0.717, 1.165) is 19.4 Å². The summed E-state index contributed by atoms with van der Waals surface area (Å²) in [6, 6.07) is 4.68. The van der Waals surface area contributed by atoms with Crippen LogP contribution in [-0.2, 0) is 6.42 Å². The van der Waals surface area contributed by atoms with E-state index >= 15 is 0 Å². The van der Waals surface area contributed by atoms with Crippen LogP contribution in [0, 0.1) is 0 Å². The van der Waals surface area contributed by atoms with Crippen molar-refractivity contribution in [3.8, 4) is 0 Å². The van der Waals surface area contributed by atoms with Gasteiger partial charge in [0.2, 0.25) is 5.89 Å². The summed E-state index contributed by atoms with van der Waals surface area (Å²) in [7, 11) is 0. The zero-order valence-electron chi connectivity index (χ0n) is 9.22. The molecule has 0 saturated carbocycles. The molecule has 0 aliphatic rings. The van der Waals surface area contributed by atoms with Gasteiger partial charge in [-0.05, 0) is 17.9 Å². The predicted octanol–water partition coefficient (Wildman–Crippen LogP) is 2.41. The van der Waals surface area contributed by atoms with E-state index in [2.05, 4.69) is 39.9 Å². The van der Waals surface area contributed by atoms with Gasteiger partial charge < -0.3 is 9.84 Å². The fraction of sp³-hybridized carbons (Fsp3) is 0.455. The van der Waals surface area contributed by atoms with Crippen molar-refractivity contribution >= 4 is 11.3 Å². The Balaban J connectivity index is 1.80. The second-order valence-electron chi connectivity index (χ2n) is 3.52. The van der Waals surface area contributed by atoms with Crippen molar-refractivity contribution in [2.45, 2.75) is 25.8 Å². The third-order valence-electron chi connectivity index (χ3n) is 2.43. The minimum absolute atomic E-state index is 0.433. The minimum Gasteiger partial charge on any atom is -0.340 e. The Bertz CT molecular complexity index is 385. The summed E-state index contributed by atoms with van der Waals surface area (Å²) in [6.07, 6.45) is 3.30. The van der Waals surface area contributed by atoms with Gasteiger partial charge in [0.05, 0.1) is 0 Å². The first-order chi connectivity index (χ1) is 7.90. The van der Waals surface area contributed by atoms with Crippen LogP contribution in [0.3, 0.4) is 0 Å². The Morgan fingerprint density at radius 2 is 2.50 bits per heavy atom. The van der Waals surface area contributed by atoms with E-state index in [0.29, 0.717) is 11.9 Å². The average Bonchev–Trinajstić information content (AvgIpc) is 2.96. The molecule has 2 aromatic heterocycles. The predicted molar refractivity (Wildman–Crippen MR) is 63.4 cm³/mol. The summed E-state index contributed by atoms with van der Waals surface area (Å²) >= 11 is 1.79. The number of hydrogen-bond acceptors (Lipinski definition) is 5. The van der Waals surface area contributed by atoms with Gasteiger partial charge in [0.15, 0.2) is 6.33 Å². The fourth-order valence-corrected chi connectivity index (χ4v) is 2.48. The van der Waals surface area contributed by atoms with Crippen molar-refractivity contribution < 1.29 is 4.52 Å². The monoisotopic (exact) mass is 237 g/mol. The highest BCUT2D eigenvalue weighted by Gasteiger charge is 2.09. The molecule has 0 spiro atoms. The van der Waals surface area contributed by atoms with E-state index in [1.165, 1.54) is 11.2 Å². The van der Waals surface area contributed by atoms with Gasteiger partial charge in [-0.3, -0.25) is 0 Å². The largest absolute Gasteiger partial charge is 0.340 e. The smallest absolute Gasteiger partial charge is 0.227 e. The first kappa shape index (κ1) is 11.3. The molecule has 4 nitrogen and oxygen atoms in total. The summed E-state index contributed by atoms with van der Waals surface area (Å²) in [5.41, 5.74) is 0. The lowest BCUT2D eigenvalue weighted by molar-refractivity contribution is 0.371. The summed E-state index contributed by atoms with van der Waals surface area (Å²) in [6.45, 7) is 3.04. The molecule has 1 atom stereocenters. The van der Waals surface area contributed by atoms with Crippen LogP contribution >= 0.6 is 11.3 Å². The Hall–Kier alpha value is -1.20. The van der Waals surface area contributed by atoms with Crippen LogP contribution < -0.4 is 5.32 Å². The van der Waals surface area contributed by atoms with Crippen LogP contribution in [0.1, 0.15) is 30.2 Å². The molecule has 0 fully saturated rings. The van der Waals surface area contributed by atoms with Gasteiger partial charge in [0.25, 0.3) is 0 Å². The quantitative estimate of drug-likeness (QED) is 0.838. The van der Waals surface area contributed by atoms with Gasteiger partial charge >= 0.3 is 0 Å². The molecule has 2 aromatic rings. The van der Waals surface area contributed by atoms with Crippen molar-refractivity contribution in [3.05, 3.63) is 34.6 Å². The topological polar surface area (TPSA) is 51.0 Å². The lowest BCUT2D eigenvalue weighted by atomic mass is 10.2. The third kappa shape index (κ3) is 2.90. The number of aromatic nitrogens is 2. The number of rotatable bonds is 6. The number of nitrogens with one attached hydrogen (secondary N) is 1. The lowest BCUT2D eigenvalue weighted by Gasteiger charge is -2.14. The van der Waals surface area contributed by atoms with Crippen LogP contribution in [0.15, 0.2) is 28.4 Å². The van der Waals surface area contributed by atoms with E-state index in [1.54, 1.807) is 11.3 Å². The maximum absolute atomic E-state index is 4.94. The number of hydrogen-bond donors (Lipinski definition) is 1. The Morgan fingerprint density at radius 3 is 3.12 bits per heavy atom. The molecule has 1 N–H and O–H groups in total. The zero-order valence-corrected chi connectivity index (χ0v) is 10.0. The van der Waals surface area contributed by atoms with Gasteiger partial charge in [-0.15, -0.1) is 11.3 Å². The Kier molecular flexibility index (Phi) is 4.07. The zero-order chi connectivity index (χ0) is 11.2. The normalized spacial score (nSPS) is 12.8. The highest BCUT2D eigenvalue weighted by Crippen LogP contribution is 2.21. The molecule has 0 aliphatic carbocycles. The van der Waals surface area contributed by atoms with E-state index < -0.39 is 0 Å². The maximum atomic E-state index is 4.94. The number of nitrogens with zero attached hydrogens (tertiary/aromatic N) is 2. The van der Waals surface area contributed by atoms with Crippen molar-refractivity contribution in [1.29, 1.82) is 0 Å². The molecule has 0 saturated heterocycles. The second-order valence-corrected chi connectivity index (χ2v) is 4.49. The highest BCUT2D eigenvalue weighted by molar-refractivity contribution is 7.10. The van der Waals surface area contributed by atoms with Crippen LogP contribution in [0.5, 0.6) is 0 Å². The second kappa shape index (κ2) is 5.77. The Labute approximate surface area is 98.7 Å². The molecule has 16 heavy (non-hydrogen) atoms. The molecule has 0 aliphatic heterocycles. The van der Waals surface area contributed by atoms with Gasteiger partial charge in [-0.25, -0.2) is 0 Å². The third-order valence-corrected chi connectivity index (χ3v) is 3.42.